The molecule has 3 aromatic rings. The molecule has 0 unspecified atom stereocenters. The van der Waals surface area contributed by atoms with Gasteiger partial charge in [0.05, 0.1) is 24.8 Å². The first-order valence-corrected chi connectivity index (χ1v) is 9.32. The van der Waals surface area contributed by atoms with Gasteiger partial charge in [0.1, 0.15) is 5.82 Å². The highest BCUT2D eigenvalue weighted by Gasteiger charge is 2.12. The Hall–Kier alpha value is -3.59. The molecule has 0 aliphatic heterocycles. The average molecular weight is 413 g/mol. The van der Waals surface area contributed by atoms with Crippen LogP contribution in [0.2, 0.25) is 0 Å². The van der Waals surface area contributed by atoms with Crippen molar-refractivity contribution in [1.29, 1.82) is 0 Å². The molecule has 0 radical (unpaired) electrons. The summed E-state index contributed by atoms with van der Waals surface area (Å²) in [5.74, 6) is -1.59. The van der Waals surface area contributed by atoms with Crippen LogP contribution >= 0.6 is 11.3 Å². The molecule has 1 aromatic heterocycles. The third kappa shape index (κ3) is 5.45. The van der Waals surface area contributed by atoms with Crippen LogP contribution in [0.1, 0.15) is 26.4 Å². The maximum absolute atomic E-state index is 12.9. The van der Waals surface area contributed by atoms with Gasteiger partial charge < -0.3 is 10.1 Å². The van der Waals surface area contributed by atoms with E-state index < -0.39 is 17.7 Å². The van der Waals surface area contributed by atoms with Gasteiger partial charge in [-0.15, -0.1) is 11.3 Å². The van der Waals surface area contributed by atoms with Crippen LogP contribution < -0.4 is 10.6 Å². The van der Waals surface area contributed by atoms with E-state index in [0.717, 1.165) is 0 Å². The largest absolute Gasteiger partial charge is 0.465 e. The number of esters is 1. The maximum Gasteiger partial charge on any atom is 0.337 e. The van der Waals surface area contributed by atoms with Gasteiger partial charge in [-0.1, -0.05) is 0 Å². The van der Waals surface area contributed by atoms with E-state index >= 15 is 0 Å². The van der Waals surface area contributed by atoms with Crippen LogP contribution in [0.25, 0.3) is 0 Å². The van der Waals surface area contributed by atoms with E-state index in [2.05, 4.69) is 20.4 Å². The Morgan fingerprint density at radius 1 is 1.00 bits per heavy atom. The summed E-state index contributed by atoms with van der Waals surface area (Å²) in [5.41, 5.74) is 1.71. The first-order valence-electron chi connectivity index (χ1n) is 8.44. The fraction of sp³-hybridized carbons (Fsp3) is 0.100. The average Bonchev–Trinajstić information content (AvgIpc) is 3.14. The van der Waals surface area contributed by atoms with Gasteiger partial charge in [0.2, 0.25) is 5.91 Å². The van der Waals surface area contributed by atoms with Gasteiger partial charge in [0, 0.05) is 16.6 Å². The minimum Gasteiger partial charge on any atom is -0.465 e. The predicted octanol–water partition coefficient (Wildman–Crippen LogP) is 3.50. The van der Waals surface area contributed by atoms with Crippen molar-refractivity contribution >= 4 is 39.9 Å². The van der Waals surface area contributed by atoms with Gasteiger partial charge in [-0.25, -0.2) is 14.2 Å². The number of nitrogens with one attached hydrogen (secondary N) is 2. The number of rotatable bonds is 6. The molecule has 2 N–H and O–H groups in total. The van der Waals surface area contributed by atoms with Crippen LogP contribution in [-0.4, -0.2) is 29.9 Å². The molecule has 3 rings (SSSR count). The van der Waals surface area contributed by atoms with Crippen LogP contribution in [0.4, 0.5) is 15.2 Å². The molecule has 2 amide bonds. The highest BCUT2D eigenvalue weighted by atomic mass is 32.1. The molecule has 0 saturated carbocycles. The summed E-state index contributed by atoms with van der Waals surface area (Å²) in [6.45, 7) is 0. The zero-order valence-electron chi connectivity index (χ0n) is 15.3. The van der Waals surface area contributed by atoms with E-state index in [1.54, 1.807) is 29.6 Å². The molecule has 0 bridgehead atoms. The van der Waals surface area contributed by atoms with Crippen LogP contribution in [0.15, 0.2) is 53.9 Å². The second-order valence-electron chi connectivity index (χ2n) is 5.90. The molecule has 0 saturated heterocycles. The molecule has 0 aliphatic rings. The Bertz CT molecular complexity index is 1030. The first kappa shape index (κ1) is 20.2. The number of benzene rings is 2. The molecule has 0 aliphatic carbocycles. The minimum absolute atomic E-state index is 0.0155. The smallest absolute Gasteiger partial charge is 0.337 e. The van der Waals surface area contributed by atoms with Crippen LogP contribution in [0.5, 0.6) is 0 Å². The lowest BCUT2D eigenvalue weighted by molar-refractivity contribution is -0.115. The number of thiazole rings is 1. The molecule has 1 heterocycles. The summed E-state index contributed by atoms with van der Waals surface area (Å²) in [4.78, 5) is 39.9. The molecule has 0 fully saturated rings. The molecule has 29 heavy (non-hydrogen) atoms. The zero-order valence-corrected chi connectivity index (χ0v) is 16.1. The Labute approximate surface area is 169 Å². The third-order valence-corrected chi connectivity index (χ3v) is 4.62. The number of hydrogen-bond acceptors (Lipinski definition) is 6. The number of aromatic nitrogens is 1. The second-order valence-corrected chi connectivity index (χ2v) is 6.76. The molecule has 0 atom stereocenters. The van der Waals surface area contributed by atoms with E-state index in [4.69, 9.17) is 0 Å². The quantitative estimate of drug-likeness (QED) is 0.603. The van der Waals surface area contributed by atoms with E-state index in [9.17, 15) is 18.8 Å². The van der Waals surface area contributed by atoms with Crippen molar-refractivity contribution in [2.75, 3.05) is 17.7 Å². The highest BCUT2D eigenvalue weighted by Crippen LogP contribution is 2.18. The third-order valence-electron chi connectivity index (χ3n) is 3.81. The lowest BCUT2D eigenvalue weighted by atomic mass is 10.2. The van der Waals surface area contributed by atoms with Crippen molar-refractivity contribution in [2.24, 2.45) is 0 Å². The van der Waals surface area contributed by atoms with Crippen LogP contribution in [0, 0.1) is 5.82 Å². The Morgan fingerprint density at radius 2 is 1.66 bits per heavy atom. The Kier molecular flexibility index (Phi) is 6.30. The van der Waals surface area contributed by atoms with Crippen LogP contribution in [0.3, 0.4) is 0 Å². The summed E-state index contributed by atoms with van der Waals surface area (Å²) < 4.78 is 17.5. The number of carbonyl (C=O) groups excluding carboxylic acids is 3. The molecule has 2 aromatic carbocycles. The second kappa shape index (κ2) is 9.07. The van der Waals surface area contributed by atoms with Gasteiger partial charge in [0.15, 0.2) is 5.13 Å². The van der Waals surface area contributed by atoms with Crippen LogP contribution in [-0.2, 0) is 16.0 Å². The Balaban J connectivity index is 1.55. The summed E-state index contributed by atoms with van der Waals surface area (Å²) in [6, 6.07) is 11.4. The molecular weight excluding hydrogens is 397 g/mol. The fourth-order valence-electron chi connectivity index (χ4n) is 2.39. The molecule has 148 valence electrons. The van der Waals surface area contributed by atoms with Gasteiger partial charge >= 0.3 is 5.97 Å². The molecular formula is C20H16FN3O4S. The summed E-state index contributed by atoms with van der Waals surface area (Å²) in [5, 5.41) is 7.32. The summed E-state index contributed by atoms with van der Waals surface area (Å²) in [7, 11) is 1.29. The number of methoxy groups -OCH3 is 1. The summed E-state index contributed by atoms with van der Waals surface area (Å²) in [6.07, 6.45) is 0.0155. The van der Waals surface area contributed by atoms with E-state index in [1.807, 2.05) is 0 Å². The first-order chi connectivity index (χ1) is 13.9. The Morgan fingerprint density at radius 3 is 2.31 bits per heavy atom. The lowest BCUT2D eigenvalue weighted by Crippen LogP contribution is -2.15. The topological polar surface area (TPSA) is 97.4 Å². The van der Waals surface area contributed by atoms with Crippen molar-refractivity contribution in [2.45, 2.75) is 6.42 Å². The van der Waals surface area contributed by atoms with Gasteiger partial charge in [-0.2, -0.15) is 0 Å². The SMILES string of the molecule is COC(=O)c1ccc(NC(=O)Cc2csc(NC(=O)c3ccc(F)cc3)n2)cc1. The number of anilines is 2. The molecule has 0 spiro atoms. The monoisotopic (exact) mass is 413 g/mol. The van der Waals surface area contributed by atoms with Crippen molar-refractivity contribution in [3.63, 3.8) is 0 Å². The number of halogens is 1. The van der Waals surface area contributed by atoms with Crippen molar-refractivity contribution in [3.05, 3.63) is 76.5 Å². The normalized spacial score (nSPS) is 10.3. The van der Waals surface area contributed by atoms with E-state index in [1.165, 1.54) is 42.7 Å². The van der Waals surface area contributed by atoms with Crippen molar-refractivity contribution in [1.82, 2.24) is 4.98 Å². The van der Waals surface area contributed by atoms with Gasteiger partial charge in [0.25, 0.3) is 5.91 Å². The number of carbonyl (C=O) groups is 3. The lowest BCUT2D eigenvalue weighted by Gasteiger charge is -2.05. The standard InChI is InChI=1S/C20H16FN3O4S/c1-28-19(27)13-4-8-15(9-5-13)22-17(25)10-16-11-29-20(23-16)24-18(26)12-2-6-14(21)7-3-12/h2-9,11H,10H2,1H3,(H,22,25)(H,23,24,26). The number of hydrogen-bond donors (Lipinski definition) is 2. The number of ether oxygens (including phenoxy) is 1. The number of amides is 2. The van der Waals surface area contributed by atoms with Crippen molar-refractivity contribution in [3.8, 4) is 0 Å². The van der Waals surface area contributed by atoms with E-state index in [0.29, 0.717) is 27.6 Å². The minimum atomic E-state index is -0.458. The fourth-order valence-corrected chi connectivity index (χ4v) is 3.10. The summed E-state index contributed by atoms with van der Waals surface area (Å²) >= 11 is 1.18. The maximum atomic E-state index is 12.9. The number of nitrogens with zero attached hydrogens (tertiary/aromatic N) is 1. The molecule has 9 heteroatoms. The molecule has 7 nitrogen and oxygen atoms in total. The zero-order chi connectivity index (χ0) is 20.8. The van der Waals surface area contributed by atoms with Gasteiger partial charge in [-0.3, -0.25) is 14.9 Å². The van der Waals surface area contributed by atoms with E-state index in [-0.39, 0.29) is 12.3 Å². The van der Waals surface area contributed by atoms with Gasteiger partial charge in [-0.05, 0) is 48.5 Å². The van der Waals surface area contributed by atoms with Crippen molar-refractivity contribution < 1.29 is 23.5 Å². The highest BCUT2D eigenvalue weighted by molar-refractivity contribution is 7.14. The predicted molar refractivity (Wildman–Crippen MR) is 107 cm³/mol.